The Hall–Kier alpha value is -1.17. The fourth-order valence-electron chi connectivity index (χ4n) is 2.71. The van der Waals surface area contributed by atoms with Gasteiger partial charge in [-0.15, -0.1) is 0 Å². The Morgan fingerprint density at radius 1 is 1.40 bits per heavy atom. The molecule has 0 saturated carbocycles. The zero-order chi connectivity index (χ0) is 14.6. The molecule has 5 heteroatoms. The highest BCUT2D eigenvalue weighted by molar-refractivity contribution is 6.89. The van der Waals surface area contributed by atoms with Crippen LogP contribution in [0.1, 0.15) is 0 Å². The highest BCUT2D eigenvalue weighted by atomic mass is 28.3. The molecule has 0 unspecified atom stereocenters. The predicted octanol–water partition coefficient (Wildman–Crippen LogP) is 0.588. The van der Waals surface area contributed by atoms with Crippen molar-refractivity contribution in [3.8, 4) is 0 Å². The average molecular weight is 292 g/mol. The number of likely N-dealkylation sites (N-methyl/N-ethyl adjacent to an activating group) is 1. The lowest BCUT2D eigenvalue weighted by molar-refractivity contribution is -0.137. The minimum Gasteiger partial charge on any atom is -0.366 e. The molecule has 0 aromatic heterocycles. The van der Waals surface area contributed by atoms with Crippen LogP contribution in [0.15, 0.2) is 30.3 Å². The standard InChI is InChI=1S/C15H24N2O2Si/c1-16-15(18)14-11-17(9-10-19-14)12-20(2,3)13-7-5-4-6-8-13/h4-8,14H,9-12H2,1-3H3,(H,16,18)/t14-/m1/s1. The van der Waals surface area contributed by atoms with Crippen LogP contribution in [0.25, 0.3) is 0 Å². The van der Waals surface area contributed by atoms with Crippen LogP contribution in [0, 0.1) is 0 Å². The number of ether oxygens (including phenoxy) is 1. The highest BCUT2D eigenvalue weighted by Crippen LogP contribution is 2.11. The summed E-state index contributed by atoms with van der Waals surface area (Å²) in [5, 5.41) is 4.13. The Kier molecular flexibility index (Phi) is 4.96. The number of nitrogens with zero attached hydrogens (tertiary/aromatic N) is 1. The van der Waals surface area contributed by atoms with Gasteiger partial charge in [-0.2, -0.15) is 0 Å². The molecule has 0 aliphatic carbocycles. The van der Waals surface area contributed by atoms with Gasteiger partial charge in [0, 0.05) is 20.1 Å². The maximum absolute atomic E-state index is 11.7. The first-order chi connectivity index (χ1) is 9.53. The molecular formula is C15H24N2O2Si. The maximum atomic E-state index is 11.7. The van der Waals surface area contributed by atoms with Gasteiger partial charge in [-0.1, -0.05) is 48.6 Å². The summed E-state index contributed by atoms with van der Waals surface area (Å²) >= 11 is 0. The largest absolute Gasteiger partial charge is 0.366 e. The fourth-order valence-corrected chi connectivity index (χ4v) is 5.39. The Morgan fingerprint density at radius 3 is 2.75 bits per heavy atom. The summed E-state index contributed by atoms with van der Waals surface area (Å²) in [6.45, 7) is 7.01. The molecule has 4 nitrogen and oxygen atoms in total. The van der Waals surface area contributed by atoms with E-state index in [9.17, 15) is 4.79 Å². The maximum Gasteiger partial charge on any atom is 0.250 e. The van der Waals surface area contributed by atoms with E-state index in [0.717, 1.165) is 12.7 Å². The van der Waals surface area contributed by atoms with Crippen molar-refractivity contribution in [3.63, 3.8) is 0 Å². The van der Waals surface area contributed by atoms with Crippen molar-refractivity contribution >= 4 is 19.2 Å². The van der Waals surface area contributed by atoms with Gasteiger partial charge in [0.15, 0.2) is 0 Å². The van der Waals surface area contributed by atoms with Crippen molar-refractivity contribution in [3.05, 3.63) is 30.3 Å². The van der Waals surface area contributed by atoms with Crippen LogP contribution >= 0.6 is 0 Å². The third-order valence-corrected chi connectivity index (χ3v) is 7.00. The molecule has 1 aliphatic heterocycles. The number of hydrogen-bond donors (Lipinski definition) is 1. The van der Waals surface area contributed by atoms with Crippen LogP contribution in [-0.4, -0.2) is 57.9 Å². The molecule has 1 aromatic carbocycles. The summed E-state index contributed by atoms with van der Waals surface area (Å²) in [5.41, 5.74) is 0. The summed E-state index contributed by atoms with van der Waals surface area (Å²) in [6.07, 6.45) is 0.739. The summed E-state index contributed by atoms with van der Waals surface area (Å²) in [4.78, 5) is 14.1. The van der Waals surface area contributed by atoms with Crippen molar-refractivity contribution in [2.75, 3.05) is 32.9 Å². The molecule has 1 aromatic rings. The van der Waals surface area contributed by atoms with Gasteiger partial charge < -0.3 is 15.0 Å². The number of morpholine rings is 1. The fraction of sp³-hybridized carbons (Fsp3) is 0.533. The lowest BCUT2D eigenvalue weighted by atomic mass is 10.2. The summed E-state index contributed by atoms with van der Waals surface area (Å²) in [7, 11) is 0.157. The van der Waals surface area contributed by atoms with E-state index >= 15 is 0 Å². The van der Waals surface area contributed by atoms with Gasteiger partial charge in [0.05, 0.1) is 14.7 Å². The van der Waals surface area contributed by atoms with E-state index in [4.69, 9.17) is 4.74 Å². The monoisotopic (exact) mass is 292 g/mol. The second-order valence-corrected chi connectivity index (χ2v) is 10.6. The van der Waals surface area contributed by atoms with E-state index in [2.05, 4.69) is 53.6 Å². The Balaban J connectivity index is 2.00. The Morgan fingerprint density at radius 2 is 2.10 bits per heavy atom. The van der Waals surface area contributed by atoms with Crippen LogP contribution in [0.3, 0.4) is 0 Å². The lowest BCUT2D eigenvalue weighted by Crippen LogP contribution is -2.57. The number of amides is 1. The van der Waals surface area contributed by atoms with Crippen molar-refractivity contribution < 1.29 is 9.53 Å². The first kappa shape index (κ1) is 15.2. The number of hydrogen-bond acceptors (Lipinski definition) is 3. The van der Waals surface area contributed by atoms with E-state index in [0.29, 0.717) is 13.2 Å². The van der Waals surface area contributed by atoms with E-state index in [1.165, 1.54) is 5.19 Å². The van der Waals surface area contributed by atoms with Crippen molar-refractivity contribution in [2.45, 2.75) is 19.2 Å². The molecule has 0 bridgehead atoms. The molecule has 2 rings (SSSR count). The molecule has 1 N–H and O–H groups in total. The van der Waals surface area contributed by atoms with Crippen LogP contribution in [0.4, 0.5) is 0 Å². The highest BCUT2D eigenvalue weighted by Gasteiger charge is 2.31. The van der Waals surface area contributed by atoms with Crippen LogP contribution in [0.5, 0.6) is 0 Å². The first-order valence-electron chi connectivity index (χ1n) is 7.14. The van der Waals surface area contributed by atoms with Crippen LogP contribution in [0.2, 0.25) is 13.1 Å². The first-order valence-corrected chi connectivity index (χ1v) is 10.3. The predicted molar refractivity (Wildman–Crippen MR) is 83.8 cm³/mol. The average Bonchev–Trinajstić information content (AvgIpc) is 2.47. The van der Waals surface area contributed by atoms with Crippen molar-refractivity contribution in [2.24, 2.45) is 0 Å². The number of benzene rings is 1. The van der Waals surface area contributed by atoms with Gasteiger partial charge in [-0.3, -0.25) is 4.79 Å². The normalized spacial score (nSPS) is 20.6. The summed E-state index contributed by atoms with van der Waals surface area (Å²) < 4.78 is 5.54. The van der Waals surface area contributed by atoms with Crippen molar-refractivity contribution in [1.29, 1.82) is 0 Å². The minimum absolute atomic E-state index is 0.0196. The third kappa shape index (κ3) is 3.68. The van der Waals surface area contributed by atoms with Gasteiger partial charge in [0.25, 0.3) is 0 Å². The van der Waals surface area contributed by atoms with E-state index < -0.39 is 8.07 Å². The smallest absolute Gasteiger partial charge is 0.250 e. The summed E-state index contributed by atoms with van der Waals surface area (Å²) in [6, 6.07) is 10.7. The zero-order valence-electron chi connectivity index (χ0n) is 12.6. The minimum atomic E-state index is -1.50. The molecule has 20 heavy (non-hydrogen) atoms. The van der Waals surface area contributed by atoms with E-state index in [-0.39, 0.29) is 12.0 Å². The molecule has 1 aliphatic rings. The topological polar surface area (TPSA) is 41.6 Å². The van der Waals surface area contributed by atoms with E-state index in [1.807, 2.05) is 0 Å². The molecular weight excluding hydrogens is 268 g/mol. The molecule has 1 fully saturated rings. The number of carbonyl (C=O) groups excluding carboxylic acids is 1. The number of carbonyl (C=O) groups is 1. The molecule has 1 heterocycles. The Bertz CT molecular complexity index is 450. The lowest BCUT2D eigenvalue weighted by Gasteiger charge is -2.36. The van der Waals surface area contributed by atoms with Gasteiger partial charge in [-0.25, -0.2) is 0 Å². The molecule has 0 spiro atoms. The Labute approximate surface area is 122 Å². The SMILES string of the molecule is CNC(=O)[C@H]1CN(C[Si](C)(C)c2ccccc2)CCO1. The molecule has 1 atom stereocenters. The number of nitrogens with one attached hydrogen (secondary N) is 1. The van der Waals surface area contributed by atoms with Crippen molar-refractivity contribution in [1.82, 2.24) is 10.2 Å². The quantitative estimate of drug-likeness (QED) is 0.826. The van der Waals surface area contributed by atoms with Gasteiger partial charge in [0.2, 0.25) is 5.91 Å². The van der Waals surface area contributed by atoms with Gasteiger partial charge >= 0.3 is 0 Å². The third-order valence-electron chi connectivity index (χ3n) is 3.86. The second kappa shape index (κ2) is 6.52. The van der Waals surface area contributed by atoms with E-state index in [1.54, 1.807) is 7.05 Å². The second-order valence-electron chi connectivity index (χ2n) is 5.96. The van der Waals surface area contributed by atoms with Crippen LogP contribution in [-0.2, 0) is 9.53 Å². The zero-order valence-corrected chi connectivity index (χ0v) is 13.6. The summed E-state index contributed by atoms with van der Waals surface area (Å²) in [5.74, 6) is -0.0196. The van der Waals surface area contributed by atoms with Gasteiger partial charge in [-0.05, 0) is 6.17 Å². The molecule has 110 valence electrons. The van der Waals surface area contributed by atoms with Gasteiger partial charge in [0.1, 0.15) is 6.10 Å². The molecule has 0 radical (unpaired) electrons. The number of rotatable bonds is 4. The molecule has 1 amide bonds. The molecule has 1 saturated heterocycles. The van der Waals surface area contributed by atoms with Crippen LogP contribution < -0.4 is 10.5 Å².